The van der Waals surface area contributed by atoms with E-state index in [1.807, 2.05) is 0 Å². The van der Waals surface area contributed by atoms with Gasteiger partial charge in [-0.25, -0.2) is 0 Å². The number of esters is 1. The predicted molar refractivity (Wildman–Crippen MR) is 60.5 cm³/mol. The molecule has 4 nitrogen and oxygen atoms in total. The van der Waals surface area contributed by atoms with Crippen LogP contribution in [0.2, 0.25) is 0 Å². The number of fused-ring (bicyclic) bond motifs is 1. The van der Waals surface area contributed by atoms with Crippen LogP contribution in [0.3, 0.4) is 0 Å². The van der Waals surface area contributed by atoms with Crippen molar-refractivity contribution in [2.45, 2.75) is 24.6 Å². The van der Waals surface area contributed by atoms with Gasteiger partial charge in [-0.2, -0.15) is 0 Å². The van der Waals surface area contributed by atoms with E-state index >= 15 is 0 Å². The van der Waals surface area contributed by atoms with Gasteiger partial charge < -0.3 is 14.6 Å². The van der Waals surface area contributed by atoms with E-state index in [9.17, 15) is 9.59 Å². The molecule has 0 bridgehead atoms. The minimum absolute atomic E-state index is 0.0475. The van der Waals surface area contributed by atoms with Crippen molar-refractivity contribution in [1.82, 2.24) is 0 Å². The fourth-order valence-corrected chi connectivity index (χ4v) is 5.39. The summed E-state index contributed by atoms with van der Waals surface area (Å²) >= 11 is 0. The van der Waals surface area contributed by atoms with Crippen molar-refractivity contribution in [3.63, 3.8) is 0 Å². The Morgan fingerprint density at radius 2 is 2.40 bits per heavy atom. The third-order valence-corrected chi connectivity index (χ3v) is 6.39. The van der Waals surface area contributed by atoms with E-state index in [0.29, 0.717) is 28.5 Å². The number of carbonyl (C=O) groups is 2. The van der Waals surface area contributed by atoms with Crippen LogP contribution < -0.4 is 0 Å². The molecule has 2 fully saturated rings. The highest BCUT2D eigenvalue weighted by atomic mass is 32.0. The van der Waals surface area contributed by atoms with E-state index in [2.05, 4.69) is 0 Å². The van der Waals surface area contributed by atoms with Gasteiger partial charge in [0.25, 0.3) is 0 Å². The topological polar surface area (TPSA) is 63.6 Å². The van der Waals surface area contributed by atoms with Crippen LogP contribution in [0.25, 0.3) is 0 Å². The molecule has 0 amide bonds. The second-order valence-corrected chi connectivity index (χ2v) is 7.18. The molecule has 0 spiro atoms. The van der Waals surface area contributed by atoms with Crippen molar-refractivity contribution in [3.8, 4) is 0 Å². The molecule has 1 aliphatic heterocycles. The molecule has 15 heavy (non-hydrogen) atoms. The van der Waals surface area contributed by atoms with Crippen LogP contribution in [0.1, 0.15) is 12.8 Å². The lowest BCUT2D eigenvalue weighted by atomic mass is 9.95. The Balaban J connectivity index is 2.00. The van der Waals surface area contributed by atoms with Gasteiger partial charge in [-0.05, 0) is 12.1 Å². The summed E-state index contributed by atoms with van der Waals surface area (Å²) in [6.45, 7) is 0. The summed E-state index contributed by atoms with van der Waals surface area (Å²) in [5.41, 5.74) is 0.298. The smallest absolute Gasteiger partial charge is 0.322 e. The molecule has 1 heterocycles. The lowest BCUT2D eigenvalue weighted by Gasteiger charge is -2.15. The van der Waals surface area contributed by atoms with Crippen LogP contribution in [0.5, 0.6) is 0 Å². The van der Waals surface area contributed by atoms with E-state index in [0.717, 1.165) is 12.7 Å². The minimum atomic E-state index is -0.171. The van der Waals surface area contributed by atoms with Crippen LogP contribution in [-0.4, -0.2) is 36.2 Å². The number of aldehydes is 1. The van der Waals surface area contributed by atoms with E-state index in [1.165, 1.54) is 7.20 Å². The SMILES string of the molecule is O=C[C@@H]1[C@H]2CC(=O)O[C@H]2C[C@H]1PP[B]O. The lowest BCUT2D eigenvalue weighted by molar-refractivity contribution is -0.141. The molecule has 1 saturated heterocycles. The van der Waals surface area contributed by atoms with Gasteiger partial charge in [-0.15, -0.1) is 16.4 Å². The van der Waals surface area contributed by atoms with Gasteiger partial charge in [0.05, 0.1) is 6.42 Å². The minimum Gasteiger partial charge on any atom is -0.462 e. The van der Waals surface area contributed by atoms with E-state index in [-0.39, 0.29) is 23.9 Å². The standard InChI is InChI=1S/C8H12BO4P2/c10-3-5-4-1-8(11)13-6(4)2-7(5)14-15-9-12/h3-7,12,14-15H,1-2H2/t4-,5-,6+,7-/m1/s1. The molecule has 1 N–H and O–H groups in total. The maximum atomic E-state index is 11.1. The summed E-state index contributed by atoms with van der Waals surface area (Å²) in [5.74, 6) is -0.127. The number of hydrogen-bond acceptors (Lipinski definition) is 4. The summed E-state index contributed by atoms with van der Waals surface area (Å²) < 4.78 is 5.16. The third-order valence-electron chi connectivity index (χ3n) is 3.10. The maximum absolute atomic E-state index is 11.1. The molecule has 1 radical (unpaired) electrons. The predicted octanol–water partition coefficient (Wildman–Crippen LogP) is 0.304. The zero-order valence-corrected chi connectivity index (χ0v) is 10.1. The molecule has 1 saturated carbocycles. The van der Waals surface area contributed by atoms with Crippen LogP contribution in [0.4, 0.5) is 0 Å². The molecule has 1 aliphatic carbocycles. The van der Waals surface area contributed by atoms with Crippen molar-refractivity contribution < 1.29 is 19.3 Å². The summed E-state index contributed by atoms with van der Waals surface area (Å²) in [4.78, 5) is 22.1. The molecule has 2 unspecified atom stereocenters. The lowest BCUT2D eigenvalue weighted by Crippen LogP contribution is -2.18. The largest absolute Gasteiger partial charge is 0.462 e. The van der Waals surface area contributed by atoms with E-state index in [4.69, 9.17) is 9.76 Å². The highest BCUT2D eigenvalue weighted by molar-refractivity contribution is 8.24. The average molecular weight is 245 g/mol. The Bertz CT molecular complexity index is 275. The fourth-order valence-electron chi connectivity index (χ4n) is 2.44. The number of carbonyl (C=O) groups excluding carboxylic acids is 2. The molecular weight excluding hydrogens is 233 g/mol. The summed E-state index contributed by atoms with van der Waals surface area (Å²) in [5, 5.41) is 8.65. The molecular formula is C8H12BO4P2. The van der Waals surface area contributed by atoms with Crippen molar-refractivity contribution >= 4 is 35.9 Å². The molecule has 0 aromatic heterocycles. The fraction of sp³-hybridized carbons (Fsp3) is 0.750. The Hall–Kier alpha value is 0.0249. The average Bonchev–Trinajstić information content (AvgIpc) is 2.70. The van der Waals surface area contributed by atoms with Crippen LogP contribution in [0.15, 0.2) is 0 Å². The Morgan fingerprint density at radius 3 is 3.07 bits per heavy atom. The quantitative estimate of drug-likeness (QED) is 0.335. The molecule has 2 aliphatic rings. The zero-order chi connectivity index (χ0) is 10.8. The Morgan fingerprint density at radius 1 is 1.60 bits per heavy atom. The first-order valence-corrected chi connectivity index (χ1v) is 8.03. The van der Waals surface area contributed by atoms with Gasteiger partial charge in [-0.3, -0.25) is 4.79 Å². The van der Waals surface area contributed by atoms with Gasteiger partial charge in [0, 0.05) is 11.8 Å². The second kappa shape index (κ2) is 4.90. The second-order valence-electron chi connectivity index (χ2n) is 3.87. The van der Waals surface area contributed by atoms with Crippen LogP contribution in [0, 0.1) is 11.8 Å². The van der Waals surface area contributed by atoms with Crippen LogP contribution >= 0.6 is 16.4 Å². The van der Waals surface area contributed by atoms with Gasteiger partial charge in [-0.1, -0.05) is 0 Å². The zero-order valence-electron chi connectivity index (χ0n) is 8.05. The van der Waals surface area contributed by atoms with E-state index < -0.39 is 0 Å². The molecule has 0 aromatic rings. The molecule has 2 rings (SSSR count). The van der Waals surface area contributed by atoms with Gasteiger partial charge >= 0.3 is 13.2 Å². The van der Waals surface area contributed by atoms with Gasteiger partial charge in [0.15, 0.2) is 0 Å². The van der Waals surface area contributed by atoms with Crippen molar-refractivity contribution in [1.29, 1.82) is 0 Å². The van der Waals surface area contributed by atoms with Gasteiger partial charge in [0.2, 0.25) is 0 Å². The molecule has 7 heteroatoms. The number of ether oxygens (including phenoxy) is 1. The molecule has 81 valence electrons. The monoisotopic (exact) mass is 245 g/mol. The maximum Gasteiger partial charge on any atom is 0.322 e. The third kappa shape index (κ3) is 2.25. The first-order chi connectivity index (χ1) is 7.26. The van der Waals surface area contributed by atoms with Crippen LogP contribution in [-0.2, 0) is 14.3 Å². The highest BCUT2D eigenvalue weighted by Gasteiger charge is 2.49. The van der Waals surface area contributed by atoms with Crippen molar-refractivity contribution in [2.24, 2.45) is 11.8 Å². The first-order valence-electron chi connectivity index (χ1n) is 4.88. The highest BCUT2D eigenvalue weighted by Crippen LogP contribution is 2.53. The number of rotatable bonds is 4. The summed E-state index contributed by atoms with van der Waals surface area (Å²) in [6.07, 6.45) is 2.10. The first kappa shape index (κ1) is 11.5. The van der Waals surface area contributed by atoms with Gasteiger partial charge in [0.1, 0.15) is 12.4 Å². The normalized spacial score (nSPS) is 40.2. The van der Waals surface area contributed by atoms with E-state index in [1.54, 1.807) is 0 Å². The number of hydrogen-bond donors (Lipinski definition) is 1. The van der Waals surface area contributed by atoms with Crippen molar-refractivity contribution in [2.75, 3.05) is 0 Å². The van der Waals surface area contributed by atoms with Crippen molar-refractivity contribution in [3.05, 3.63) is 0 Å². The summed E-state index contributed by atoms with van der Waals surface area (Å²) in [6, 6.07) is 0. The molecule has 0 aromatic carbocycles. The molecule has 6 atom stereocenters. The summed E-state index contributed by atoms with van der Waals surface area (Å²) in [7, 11) is 2.14. The Kier molecular flexibility index (Phi) is 3.76. The Labute approximate surface area is 92.2 Å².